The summed E-state index contributed by atoms with van der Waals surface area (Å²) in [7, 11) is 0. The molecule has 0 unspecified atom stereocenters. The average molecular weight is 173 g/mol. The van der Waals surface area contributed by atoms with Crippen molar-refractivity contribution in [3.05, 3.63) is 39.9 Å². The van der Waals surface area contributed by atoms with Crippen LogP contribution in [0, 0.1) is 16.2 Å². The number of nitrogens with zero attached hydrogens (tertiary/aromatic N) is 1. The largest absolute Gasteiger partial charge is 1.00 e. The molecule has 1 aromatic carbocycles. The molecule has 0 radical (unpaired) electrons. The van der Waals surface area contributed by atoms with Crippen LogP contribution in [0.1, 0.15) is 10.4 Å². The van der Waals surface area contributed by atoms with E-state index < -0.39 is 10.9 Å². The van der Waals surface area contributed by atoms with Crippen LogP contribution >= 0.6 is 0 Å². The predicted molar refractivity (Wildman–Crippen MR) is 38.9 cm³/mol. The number of carbonyl (C=O) groups is 1. The number of hydrogen-bond donors (Lipinski definition) is 1. The standard InChI is InChI=1S/C7H4NO4.Li/c9-7(10)5-1-3-6(4-2-5)8(11)12;/h1,3-4H,(H,9,10);/q-1;+1. The molecule has 0 spiro atoms. The number of carboxylic acids is 1. The summed E-state index contributed by atoms with van der Waals surface area (Å²) in [6.45, 7) is 0. The summed E-state index contributed by atoms with van der Waals surface area (Å²) < 4.78 is 0. The maximum Gasteiger partial charge on any atom is 1.00 e. The number of aromatic carboxylic acids is 1. The molecule has 0 aliphatic rings. The molecule has 0 amide bonds. The van der Waals surface area contributed by atoms with E-state index in [1.165, 1.54) is 0 Å². The van der Waals surface area contributed by atoms with Gasteiger partial charge in [0, 0.05) is 4.92 Å². The average Bonchev–Trinajstić information content (AvgIpc) is 2.04. The number of nitro groups is 1. The molecule has 13 heavy (non-hydrogen) atoms. The van der Waals surface area contributed by atoms with Crippen LogP contribution < -0.4 is 18.9 Å². The summed E-state index contributed by atoms with van der Waals surface area (Å²) in [5.41, 5.74) is -0.249. The smallest absolute Gasteiger partial charge is 0.521 e. The second-order valence-corrected chi connectivity index (χ2v) is 2.02. The van der Waals surface area contributed by atoms with E-state index in [9.17, 15) is 14.9 Å². The Labute approximate surface area is 85.7 Å². The third kappa shape index (κ3) is 2.90. The van der Waals surface area contributed by atoms with Gasteiger partial charge in [0.2, 0.25) is 5.97 Å². The van der Waals surface area contributed by atoms with Crippen molar-refractivity contribution in [2.75, 3.05) is 0 Å². The van der Waals surface area contributed by atoms with Crippen molar-refractivity contribution in [3.63, 3.8) is 0 Å². The Balaban J connectivity index is 0.00000144. The van der Waals surface area contributed by atoms with E-state index in [0.717, 1.165) is 18.2 Å². The van der Waals surface area contributed by atoms with E-state index in [4.69, 9.17) is 5.11 Å². The van der Waals surface area contributed by atoms with Gasteiger partial charge in [0.1, 0.15) is 0 Å². The van der Waals surface area contributed by atoms with E-state index in [2.05, 4.69) is 6.07 Å². The first-order chi connectivity index (χ1) is 5.61. The fourth-order valence-electron chi connectivity index (χ4n) is 0.663. The molecular formula is C7H4LiNO4. The van der Waals surface area contributed by atoms with Gasteiger partial charge in [-0.3, -0.25) is 10.1 Å². The second kappa shape index (κ2) is 4.65. The van der Waals surface area contributed by atoms with Crippen LogP contribution in [-0.2, 0) is 0 Å². The number of benzene rings is 1. The number of hydrogen-bond acceptors (Lipinski definition) is 3. The number of carboxylic acid groups (broad SMARTS) is 1. The summed E-state index contributed by atoms with van der Waals surface area (Å²) in [5, 5.41) is 18.5. The zero-order valence-corrected chi connectivity index (χ0v) is 6.85. The molecule has 0 bridgehead atoms. The third-order valence-corrected chi connectivity index (χ3v) is 1.24. The molecule has 0 aromatic heterocycles. The van der Waals surface area contributed by atoms with Gasteiger partial charge < -0.3 is 9.90 Å². The number of nitro benzene ring substituents is 1. The Morgan fingerprint density at radius 2 is 2.15 bits per heavy atom. The molecule has 0 saturated heterocycles. The molecular weight excluding hydrogens is 169 g/mol. The van der Waals surface area contributed by atoms with Crippen molar-refractivity contribution in [2.45, 2.75) is 0 Å². The van der Waals surface area contributed by atoms with Gasteiger partial charge in [-0.25, -0.2) is 0 Å². The van der Waals surface area contributed by atoms with Crippen LogP contribution in [0.4, 0.5) is 5.69 Å². The zero-order chi connectivity index (χ0) is 9.14. The van der Waals surface area contributed by atoms with Gasteiger partial charge >= 0.3 is 18.9 Å². The Hall–Kier alpha value is -1.31. The molecule has 6 heteroatoms. The maximum atomic E-state index is 10.3. The van der Waals surface area contributed by atoms with Gasteiger partial charge in [-0.1, -0.05) is 17.7 Å². The first kappa shape index (κ1) is 11.7. The van der Waals surface area contributed by atoms with E-state index in [0.29, 0.717) is 0 Å². The summed E-state index contributed by atoms with van der Waals surface area (Å²) >= 11 is 0. The first-order valence-corrected chi connectivity index (χ1v) is 3.00. The third-order valence-electron chi connectivity index (χ3n) is 1.24. The molecule has 1 rings (SSSR count). The van der Waals surface area contributed by atoms with Gasteiger partial charge in [0.05, 0.1) is 0 Å². The van der Waals surface area contributed by atoms with Gasteiger partial charge in [-0.05, 0) is 0 Å². The van der Waals surface area contributed by atoms with Crippen LogP contribution in [0.5, 0.6) is 0 Å². The fraction of sp³-hybridized carbons (Fsp3) is 0. The van der Waals surface area contributed by atoms with Crippen molar-refractivity contribution in [1.82, 2.24) is 0 Å². The van der Waals surface area contributed by atoms with Crippen LogP contribution in [0.2, 0.25) is 0 Å². The first-order valence-electron chi connectivity index (χ1n) is 3.00. The van der Waals surface area contributed by atoms with Crippen LogP contribution in [0.25, 0.3) is 0 Å². The minimum atomic E-state index is -1.15. The SMILES string of the molecule is O=C(O)c1[c-]cc([N+](=O)[O-])cc1.[Li+]. The van der Waals surface area contributed by atoms with Crippen molar-refractivity contribution >= 4 is 11.7 Å². The summed E-state index contributed by atoms with van der Waals surface area (Å²) in [4.78, 5) is 19.8. The van der Waals surface area contributed by atoms with Crippen LogP contribution in [0.3, 0.4) is 0 Å². The molecule has 1 N–H and O–H groups in total. The van der Waals surface area contributed by atoms with Gasteiger partial charge in [-0.2, -0.15) is 0 Å². The quantitative estimate of drug-likeness (QED) is 0.245. The zero-order valence-electron chi connectivity index (χ0n) is 6.85. The monoisotopic (exact) mass is 173 g/mol. The normalized spacial score (nSPS) is 8.62. The van der Waals surface area contributed by atoms with Gasteiger partial charge in [-0.15, -0.1) is 12.1 Å². The molecule has 0 aliphatic heterocycles. The molecule has 62 valence electrons. The Bertz CT molecular complexity index is 289. The summed E-state index contributed by atoms with van der Waals surface area (Å²) in [6.07, 6.45) is 0. The molecule has 0 fully saturated rings. The van der Waals surface area contributed by atoms with Crippen molar-refractivity contribution in [3.8, 4) is 0 Å². The second-order valence-electron chi connectivity index (χ2n) is 2.02. The van der Waals surface area contributed by atoms with Crippen molar-refractivity contribution < 1.29 is 33.7 Å². The maximum absolute atomic E-state index is 10.3. The van der Waals surface area contributed by atoms with E-state index in [1.807, 2.05) is 0 Å². The summed E-state index contributed by atoms with van der Waals surface area (Å²) in [6, 6.07) is 5.57. The number of non-ortho nitro benzene ring substituents is 1. The Morgan fingerprint density at radius 1 is 1.54 bits per heavy atom. The molecule has 0 atom stereocenters. The van der Waals surface area contributed by atoms with Crippen LogP contribution in [-0.4, -0.2) is 16.0 Å². The van der Waals surface area contributed by atoms with Crippen LogP contribution in [0.15, 0.2) is 18.2 Å². The van der Waals surface area contributed by atoms with E-state index >= 15 is 0 Å². The minimum absolute atomic E-state index is 0. The summed E-state index contributed by atoms with van der Waals surface area (Å²) in [5.74, 6) is -1.15. The Morgan fingerprint density at radius 3 is 2.46 bits per heavy atom. The number of rotatable bonds is 2. The predicted octanol–water partition coefficient (Wildman–Crippen LogP) is -1.90. The van der Waals surface area contributed by atoms with Gasteiger partial charge in [0.25, 0.3) is 0 Å². The fourth-order valence-corrected chi connectivity index (χ4v) is 0.663. The molecule has 0 heterocycles. The van der Waals surface area contributed by atoms with Crippen molar-refractivity contribution in [1.29, 1.82) is 0 Å². The minimum Gasteiger partial charge on any atom is -0.521 e. The molecule has 1 aromatic rings. The van der Waals surface area contributed by atoms with Gasteiger partial charge in [0.15, 0.2) is 5.69 Å². The van der Waals surface area contributed by atoms with Crippen molar-refractivity contribution in [2.24, 2.45) is 0 Å². The topological polar surface area (TPSA) is 80.4 Å². The van der Waals surface area contributed by atoms with E-state index in [-0.39, 0.29) is 30.1 Å². The molecule has 0 aliphatic carbocycles. The molecule has 5 nitrogen and oxygen atoms in total. The van der Waals surface area contributed by atoms with E-state index in [1.54, 1.807) is 0 Å². The Kier molecular flexibility index (Phi) is 4.18. The molecule has 0 saturated carbocycles.